The Morgan fingerprint density at radius 3 is 2.95 bits per heavy atom. The van der Waals surface area contributed by atoms with Crippen molar-refractivity contribution < 1.29 is 19.0 Å². The van der Waals surface area contributed by atoms with Crippen LogP contribution in [-0.4, -0.2) is 32.3 Å². The third-order valence-corrected chi connectivity index (χ3v) is 4.24. The Hall–Kier alpha value is -1.53. The average Bonchev–Trinajstić information content (AvgIpc) is 2.53. The fourth-order valence-corrected chi connectivity index (χ4v) is 2.84. The summed E-state index contributed by atoms with van der Waals surface area (Å²) in [4.78, 5) is 11.4. The van der Waals surface area contributed by atoms with Gasteiger partial charge in [0.1, 0.15) is 23.8 Å². The SMILES string of the molecule is O=C1COc2cccc(OCC(Br)=C3CCOCC3)c2N1. The molecule has 6 heteroatoms. The van der Waals surface area contributed by atoms with Crippen molar-refractivity contribution in [3.05, 3.63) is 28.3 Å². The number of hydrogen-bond donors (Lipinski definition) is 1. The number of nitrogens with one attached hydrogen (secondary N) is 1. The summed E-state index contributed by atoms with van der Waals surface area (Å²) in [6.45, 7) is 2.00. The van der Waals surface area contributed by atoms with Crippen molar-refractivity contribution in [3.63, 3.8) is 0 Å². The second kappa shape index (κ2) is 6.49. The smallest absolute Gasteiger partial charge is 0.262 e. The molecule has 0 saturated carbocycles. The molecule has 21 heavy (non-hydrogen) atoms. The van der Waals surface area contributed by atoms with E-state index in [0.29, 0.717) is 23.8 Å². The molecule has 0 atom stereocenters. The van der Waals surface area contributed by atoms with Crippen LogP contribution in [0.5, 0.6) is 11.5 Å². The van der Waals surface area contributed by atoms with Gasteiger partial charge >= 0.3 is 0 Å². The second-order valence-electron chi connectivity index (χ2n) is 4.88. The normalized spacial score (nSPS) is 17.6. The summed E-state index contributed by atoms with van der Waals surface area (Å²) in [6.07, 6.45) is 1.85. The highest BCUT2D eigenvalue weighted by atomic mass is 79.9. The molecule has 0 spiro atoms. The maximum atomic E-state index is 11.4. The van der Waals surface area contributed by atoms with E-state index in [2.05, 4.69) is 21.2 Å². The first-order valence-electron chi connectivity index (χ1n) is 6.86. The van der Waals surface area contributed by atoms with Crippen molar-refractivity contribution in [2.45, 2.75) is 12.8 Å². The predicted octanol–water partition coefficient (Wildman–Crippen LogP) is 2.86. The van der Waals surface area contributed by atoms with Crippen LogP contribution in [-0.2, 0) is 9.53 Å². The number of ether oxygens (including phenoxy) is 3. The van der Waals surface area contributed by atoms with E-state index in [1.807, 2.05) is 18.2 Å². The van der Waals surface area contributed by atoms with Gasteiger partial charge in [-0.2, -0.15) is 0 Å². The van der Waals surface area contributed by atoms with E-state index in [9.17, 15) is 4.79 Å². The van der Waals surface area contributed by atoms with E-state index in [4.69, 9.17) is 14.2 Å². The molecule has 1 aromatic carbocycles. The summed E-state index contributed by atoms with van der Waals surface area (Å²) in [5.41, 5.74) is 1.93. The number of benzene rings is 1. The molecule has 5 nitrogen and oxygen atoms in total. The number of rotatable bonds is 3. The van der Waals surface area contributed by atoms with Gasteiger partial charge in [0, 0.05) is 4.48 Å². The van der Waals surface area contributed by atoms with E-state index in [-0.39, 0.29) is 12.5 Å². The molecule has 1 saturated heterocycles. The summed E-state index contributed by atoms with van der Waals surface area (Å²) in [5.74, 6) is 1.09. The molecule has 1 N–H and O–H groups in total. The van der Waals surface area contributed by atoms with Gasteiger partial charge in [0.05, 0.1) is 13.2 Å². The van der Waals surface area contributed by atoms with E-state index >= 15 is 0 Å². The van der Waals surface area contributed by atoms with E-state index in [1.165, 1.54) is 5.57 Å². The lowest BCUT2D eigenvalue weighted by molar-refractivity contribution is -0.118. The minimum Gasteiger partial charge on any atom is -0.486 e. The van der Waals surface area contributed by atoms with Crippen LogP contribution in [0.25, 0.3) is 0 Å². The van der Waals surface area contributed by atoms with Crippen LogP contribution in [0.1, 0.15) is 12.8 Å². The number of anilines is 1. The summed E-state index contributed by atoms with van der Waals surface area (Å²) < 4.78 is 17.6. The van der Waals surface area contributed by atoms with Gasteiger partial charge in [-0.25, -0.2) is 0 Å². The van der Waals surface area contributed by atoms with E-state index in [0.717, 1.165) is 30.5 Å². The third-order valence-electron chi connectivity index (χ3n) is 3.45. The second-order valence-corrected chi connectivity index (χ2v) is 5.83. The zero-order valence-corrected chi connectivity index (χ0v) is 13.1. The van der Waals surface area contributed by atoms with Crippen LogP contribution in [0, 0.1) is 0 Å². The molecule has 2 aliphatic heterocycles. The quantitative estimate of drug-likeness (QED) is 0.907. The van der Waals surface area contributed by atoms with Crippen LogP contribution in [0.4, 0.5) is 5.69 Å². The summed E-state index contributed by atoms with van der Waals surface area (Å²) in [7, 11) is 0. The monoisotopic (exact) mass is 353 g/mol. The predicted molar refractivity (Wildman–Crippen MR) is 82.1 cm³/mol. The Bertz CT molecular complexity index is 577. The highest BCUT2D eigenvalue weighted by Gasteiger charge is 2.20. The molecule has 2 aliphatic rings. The summed E-state index contributed by atoms with van der Waals surface area (Å²) in [6, 6.07) is 5.48. The van der Waals surface area contributed by atoms with Gasteiger partial charge in [-0.15, -0.1) is 0 Å². The lowest BCUT2D eigenvalue weighted by atomic mass is 10.1. The molecule has 1 fully saturated rings. The zero-order chi connectivity index (χ0) is 14.7. The van der Waals surface area contributed by atoms with E-state index < -0.39 is 0 Å². The zero-order valence-electron chi connectivity index (χ0n) is 11.5. The van der Waals surface area contributed by atoms with Crippen LogP contribution in [0.2, 0.25) is 0 Å². The van der Waals surface area contributed by atoms with Crippen LogP contribution < -0.4 is 14.8 Å². The molecular weight excluding hydrogens is 338 g/mol. The first kappa shape index (κ1) is 14.4. The molecule has 0 bridgehead atoms. The Morgan fingerprint density at radius 1 is 1.33 bits per heavy atom. The van der Waals surface area contributed by atoms with Gasteiger partial charge in [0.25, 0.3) is 5.91 Å². The number of hydrogen-bond acceptors (Lipinski definition) is 4. The number of halogens is 1. The standard InChI is InChI=1S/C15H16BrNO4/c16-11(10-4-6-19-7-5-10)8-20-12-2-1-3-13-15(12)17-14(18)9-21-13/h1-3H,4-9H2,(H,17,18). The molecule has 0 aromatic heterocycles. The summed E-state index contributed by atoms with van der Waals surface area (Å²) in [5, 5.41) is 2.79. The minimum atomic E-state index is -0.166. The fourth-order valence-electron chi connectivity index (χ4n) is 2.33. The molecule has 0 radical (unpaired) electrons. The molecule has 3 rings (SSSR count). The van der Waals surface area contributed by atoms with Crippen LogP contribution >= 0.6 is 15.9 Å². The van der Waals surface area contributed by atoms with Gasteiger partial charge in [0.15, 0.2) is 6.61 Å². The molecule has 0 aliphatic carbocycles. The van der Waals surface area contributed by atoms with Gasteiger partial charge < -0.3 is 19.5 Å². The Kier molecular flexibility index (Phi) is 4.45. The fraction of sp³-hybridized carbons (Fsp3) is 0.400. The highest BCUT2D eigenvalue weighted by molar-refractivity contribution is 9.11. The summed E-state index contributed by atoms with van der Waals surface area (Å²) >= 11 is 3.59. The first-order valence-corrected chi connectivity index (χ1v) is 7.66. The molecule has 0 unspecified atom stereocenters. The third kappa shape index (κ3) is 3.39. The van der Waals surface area contributed by atoms with Crippen molar-refractivity contribution in [2.75, 3.05) is 31.7 Å². The van der Waals surface area contributed by atoms with Crippen LogP contribution in [0.15, 0.2) is 28.3 Å². The Balaban J connectivity index is 1.72. The Morgan fingerprint density at radius 2 is 2.14 bits per heavy atom. The lowest BCUT2D eigenvalue weighted by Crippen LogP contribution is -2.25. The van der Waals surface area contributed by atoms with Gasteiger partial charge in [-0.1, -0.05) is 27.6 Å². The van der Waals surface area contributed by atoms with Gasteiger partial charge in [-0.05, 0) is 25.0 Å². The van der Waals surface area contributed by atoms with Crippen molar-refractivity contribution in [1.29, 1.82) is 0 Å². The minimum absolute atomic E-state index is 0.0458. The number of fused-ring (bicyclic) bond motifs is 1. The van der Waals surface area contributed by atoms with Gasteiger partial charge in [-0.3, -0.25) is 4.79 Å². The number of carbonyl (C=O) groups excluding carboxylic acids is 1. The lowest BCUT2D eigenvalue weighted by Gasteiger charge is -2.21. The highest BCUT2D eigenvalue weighted by Crippen LogP contribution is 2.37. The van der Waals surface area contributed by atoms with Gasteiger partial charge in [0.2, 0.25) is 0 Å². The Labute approximate surface area is 131 Å². The molecule has 1 amide bonds. The van der Waals surface area contributed by atoms with Crippen LogP contribution in [0.3, 0.4) is 0 Å². The maximum Gasteiger partial charge on any atom is 0.262 e. The maximum absolute atomic E-state index is 11.4. The number of carbonyl (C=O) groups is 1. The number of para-hydroxylation sites is 1. The largest absolute Gasteiger partial charge is 0.486 e. The van der Waals surface area contributed by atoms with Crippen molar-refractivity contribution in [2.24, 2.45) is 0 Å². The molecule has 112 valence electrons. The average molecular weight is 354 g/mol. The molecule has 1 aromatic rings. The number of amides is 1. The molecule has 2 heterocycles. The topological polar surface area (TPSA) is 56.8 Å². The molecular formula is C15H16BrNO4. The van der Waals surface area contributed by atoms with Crippen molar-refractivity contribution in [3.8, 4) is 11.5 Å². The van der Waals surface area contributed by atoms with E-state index in [1.54, 1.807) is 0 Å². The van der Waals surface area contributed by atoms with Crippen molar-refractivity contribution >= 4 is 27.5 Å². The van der Waals surface area contributed by atoms with Crippen molar-refractivity contribution in [1.82, 2.24) is 0 Å². The first-order chi connectivity index (χ1) is 10.2.